The number of benzene rings is 1. The van der Waals surface area contributed by atoms with Crippen molar-refractivity contribution in [2.24, 2.45) is 11.5 Å². The minimum atomic E-state index is -1.38. The van der Waals surface area contributed by atoms with Crippen LogP contribution >= 0.6 is 0 Å². The molecule has 1 unspecified atom stereocenters. The van der Waals surface area contributed by atoms with Crippen LogP contribution in [0.25, 0.3) is 0 Å². The first-order chi connectivity index (χ1) is 9.31. The number of aryl methyl sites for hydroxylation is 1. The quantitative estimate of drug-likeness (QED) is 0.553. The normalized spacial score (nSPS) is 13.3. The van der Waals surface area contributed by atoms with E-state index in [1.807, 2.05) is 6.92 Å². The molecule has 0 spiro atoms. The van der Waals surface area contributed by atoms with Crippen LogP contribution in [0.3, 0.4) is 0 Å². The SMILES string of the molecule is Cc1ccc(C(N)C(=O)N[C@@H](CC(N)=O)C(=O)O)cc1. The summed E-state index contributed by atoms with van der Waals surface area (Å²) in [6.45, 7) is 1.89. The number of nitrogens with one attached hydrogen (secondary N) is 1. The van der Waals surface area contributed by atoms with Crippen LogP contribution in [0.15, 0.2) is 24.3 Å². The fourth-order valence-corrected chi connectivity index (χ4v) is 1.59. The smallest absolute Gasteiger partial charge is 0.326 e. The zero-order valence-corrected chi connectivity index (χ0v) is 11.0. The lowest BCUT2D eigenvalue weighted by Crippen LogP contribution is -2.46. The third-order valence-electron chi connectivity index (χ3n) is 2.74. The maximum atomic E-state index is 11.9. The number of amides is 2. The minimum absolute atomic E-state index is 0.484. The predicted molar refractivity (Wildman–Crippen MR) is 71.5 cm³/mol. The van der Waals surface area contributed by atoms with E-state index in [0.29, 0.717) is 5.56 Å². The number of aliphatic carboxylic acids is 1. The molecule has 0 aliphatic rings. The van der Waals surface area contributed by atoms with Crippen LogP contribution in [0, 0.1) is 6.92 Å². The molecule has 1 aromatic carbocycles. The lowest BCUT2D eigenvalue weighted by molar-refractivity contribution is -0.143. The molecule has 108 valence electrons. The van der Waals surface area contributed by atoms with Crippen molar-refractivity contribution in [3.05, 3.63) is 35.4 Å². The molecule has 0 bridgehead atoms. The number of carboxylic acid groups (broad SMARTS) is 1. The van der Waals surface area contributed by atoms with Crippen molar-refractivity contribution < 1.29 is 19.5 Å². The first-order valence-electron chi connectivity index (χ1n) is 5.95. The molecule has 1 rings (SSSR count). The van der Waals surface area contributed by atoms with Gasteiger partial charge in [0.1, 0.15) is 12.1 Å². The van der Waals surface area contributed by atoms with E-state index in [2.05, 4.69) is 5.32 Å². The summed E-state index contributed by atoms with van der Waals surface area (Å²) < 4.78 is 0. The molecular weight excluding hydrogens is 262 g/mol. The second-order valence-corrected chi connectivity index (χ2v) is 4.46. The summed E-state index contributed by atoms with van der Waals surface area (Å²) in [5.74, 6) is -2.84. The highest BCUT2D eigenvalue weighted by Crippen LogP contribution is 2.12. The van der Waals surface area contributed by atoms with Gasteiger partial charge in [-0.2, -0.15) is 0 Å². The number of nitrogens with two attached hydrogens (primary N) is 2. The van der Waals surface area contributed by atoms with Gasteiger partial charge in [-0.3, -0.25) is 9.59 Å². The number of primary amides is 1. The fraction of sp³-hybridized carbons (Fsp3) is 0.308. The average molecular weight is 279 g/mol. The number of carbonyl (C=O) groups is 3. The van der Waals surface area contributed by atoms with Crippen molar-refractivity contribution >= 4 is 17.8 Å². The Morgan fingerprint density at radius 3 is 2.25 bits per heavy atom. The topological polar surface area (TPSA) is 136 Å². The van der Waals surface area contributed by atoms with E-state index >= 15 is 0 Å². The molecule has 0 radical (unpaired) electrons. The molecule has 0 aliphatic heterocycles. The number of hydrogen-bond donors (Lipinski definition) is 4. The number of carboxylic acids is 1. The Morgan fingerprint density at radius 2 is 1.80 bits per heavy atom. The molecule has 20 heavy (non-hydrogen) atoms. The molecule has 0 fully saturated rings. The summed E-state index contributed by atoms with van der Waals surface area (Å²) in [6, 6.07) is 4.57. The van der Waals surface area contributed by atoms with Gasteiger partial charge < -0.3 is 21.9 Å². The Bertz CT molecular complexity index is 513. The van der Waals surface area contributed by atoms with Gasteiger partial charge in [0.15, 0.2) is 0 Å². The maximum absolute atomic E-state index is 11.9. The van der Waals surface area contributed by atoms with Gasteiger partial charge in [0.2, 0.25) is 11.8 Å². The summed E-state index contributed by atoms with van der Waals surface area (Å²) in [5, 5.41) is 11.1. The van der Waals surface area contributed by atoms with E-state index < -0.39 is 36.3 Å². The van der Waals surface area contributed by atoms with Crippen molar-refractivity contribution in [2.45, 2.75) is 25.4 Å². The highest BCUT2D eigenvalue weighted by molar-refractivity contribution is 5.90. The zero-order valence-electron chi connectivity index (χ0n) is 11.0. The molecule has 0 saturated heterocycles. The van der Waals surface area contributed by atoms with Crippen LogP contribution in [-0.4, -0.2) is 28.9 Å². The number of hydrogen-bond acceptors (Lipinski definition) is 4. The van der Waals surface area contributed by atoms with Gasteiger partial charge in [-0.1, -0.05) is 29.8 Å². The van der Waals surface area contributed by atoms with Gasteiger partial charge in [-0.15, -0.1) is 0 Å². The van der Waals surface area contributed by atoms with Crippen LogP contribution in [0.5, 0.6) is 0 Å². The highest BCUT2D eigenvalue weighted by atomic mass is 16.4. The molecule has 0 aromatic heterocycles. The Hall–Kier alpha value is -2.41. The Kier molecular flexibility index (Phi) is 5.22. The summed E-state index contributed by atoms with van der Waals surface area (Å²) >= 11 is 0. The van der Waals surface area contributed by atoms with Crippen molar-refractivity contribution in [3.8, 4) is 0 Å². The van der Waals surface area contributed by atoms with Crippen molar-refractivity contribution in [1.29, 1.82) is 0 Å². The van der Waals surface area contributed by atoms with Crippen LogP contribution in [-0.2, 0) is 14.4 Å². The lowest BCUT2D eigenvalue weighted by atomic mass is 10.0. The van der Waals surface area contributed by atoms with Gasteiger partial charge in [0, 0.05) is 0 Å². The number of rotatable bonds is 6. The fourth-order valence-electron chi connectivity index (χ4n) is 1.59. The van der Waals surface area contributed by atoms with E-state index in [9.17, 15) is 14.4 Å². The van der Waals surface area contributed by atoms with Crippen LogP contribution < -0.4 is 16.8 Å². The number of carbonyl (C=O) groups excluding carboxylic acids is 2. The first kappa shape index (κ1) is 15.6. The van der Waals surface area contributed by atoms with Crippen molar-refractivity contribution in [1.82, 2.24) is 5.32 Å². The summed E-state index contributed by atoms with van der Waals surface area (Å²) in [6.07, 6.45) is -0.484. The van der Waals surface area contributed by atoms with E-state index in [0.717, 1.165) is 5.56 Å². The largest absolute Gasteiger partial charge is 0.480 e. The molecule has 0 aliphatic carbocycles. The summed E-state index contributed by atoms with van der Waals surface area (Å²) in [7, 11) is 0. The van der Waals surface area contributed by atoms with Gasteiger partial charge in [-0.05, 0) is 12.5 Å². The maximum Gasteiger partial charge on any atom is 0.326 e. The molecule has 6 N–H and O–H groups in total. The summed E-state index contributed by atoms with van der Waals surface area (Å²) in [5.41, 5.74) is 12.2. The van der Waals surface area contributed by atoms with E-state index in [1.54, 1.807) is 24.3 Å². The molecule has 2 amide bonds. The second kappa shape index (κ2) is 6.67. The molecule has 7 heteroatoms. The van der Waals surface area contributed by atoms with Crippen molar-refractivity contribution in [2.75, 3.05) is 0 Å². The predicted octanol–water partition coefficient (Wildman–Crippen LogP) is -0.560. The Morgan fingerprint density at radius 1 is 1.25 bits per heavy atom. The zero-order chi connectivity index (χ0) is 15.3. The van der Waals surface area contributed by atoms with E-state index in [1.165, 1.54) is 0 Å². The minimum Gasteiger partial charge on any atom is -0.480 e. The van der Waals surface area contributed by atoms with Gasteiger partial charge in [-0.25, -0.2) is 4.79 Å². The lowest BCUT2D eigenvalue weighted by Gasteiger charge is -2.17. The van der Waals surface area contributed by atoms with Crippen molar-refractivity contribution in [3.63, 3.8) is 0 Å². The Labute approximate surface area is 115 Å². The molecular formula is C13H17N3O4. The van der Waals surface area contributed by atoms with Gasteiger partial charge >= 0.3 is 5.97 Å². The van der Waals surface area contributed by atoms with Crippen LogP contribution in [0.4, 0.5) is 0 Å². The third kappa shape index (κ3) is 4.36. The second-order valence-electron chi connectivity index (χ2n) is 4.46. The van der Waals surface area contributed by atoms with Gasteiger partial charge in [0.05, 0.1) is 6.42 Å². The standard InChI is InChI=1S/C13H17N3O4/c1-7-2-4-8(5-3-7)11(15)12(18)16-9(13(19)20)6-10(14)17/h2-5,9,11H,6,15H2,1H3,(H2,14,17)(H,16,18)(H,19,20)/t9-,11?/m0/s1. The molecule has 0 saturated carbocycles. The van der Waals surface area contributed by atoms with Crippen LogP contribution in [0.2, 0.25) is 0 Å². The third-order valence-corrected chi connectivity index (χ3v) is 2.74. The molecule has 7 nitrogen and oxygen atoms in total. The molecule has 2 atom stereocenters. The molecule has 0 heterocycles. The van der Waals surface area contributed by atoms with Crippen LogP contribution in [0.1, 0.15) is 23.6 Å². The Balaban J connectivity index is 2.75. The van der Waals surface area contributed by atoms with E-state index in [-0.39, 0.29) is 0 Å². The monoisotopic (exact) mass is 279 g/mol. The molecule has 1 aromatic rings. The first-order valence-corrected chi connectivity index (χ1v) is 5.95. The highest BCUT2D eigenvalue weighted by Gasteiger charge is 2.25. The average Bonchev–Trinajstić information content (AvgIpc) is 2.37. The van der Waals surface area contributed by atoms with E-state index in [4.69, 9.17) is 16.6 Å². The van der Waals surface area contributed by atoms with Gasteiger partial charge in [0.25, 0.3) is 0 Å². The summed E-state index contributed by atoms with van der Waals surface area (Å²) in [4.78, 5) is 33.5.